The van der Waals surface area contributed by atoms with Crippen LogP contribution < -0.4 is 15.2 Å². The number of benzene rings is 1. The molecule has 0 radical (unpaired) electrons. The fourth-order valence-electron chi connectivity index (χ4n) is 1.37. The smallest absolute Gasteiger partial charge is 0.258 e. The lowest BCUT2D eigenvalue weighted by atomic mass is 10.1. The summed E-state index contributed by atoms with van der Waals surface area (Å²) in [6, 6.07) is 3.79. The van der Waals surface area contributed by atoms with Crippen molar-refractivity contribution in [1.82, 2.24) is 5.32 Å². The Hall–Kier alpha value is -1.31. The van der Waals surface area contributed by atoms with Crippen molar-refractivity contribution in [2.45, 2.75) is 31.2 Å². The number of nitrogens with two attached hydrogens (primary N) is 1. The molecule has 0 aliphatic heterocycles. The van der Waals surface area contributed by atoms with E-state index in [2.05, 4.69) is 5.32 Å². The minimum atomic E-state index is -3.82. The fourth-order valence-corrected chi connectivity index (χ4v) is 2.21. The summed E-state index contributed by atoms with van der Waals surface area (Å²) in [6.45, 7) is 5.32. The molecule has 0 aliphatic carbocycles. The van der Waals surface area contributed by atoms with E-state index in [9.17, 15) is 13.2 Å². The monoisotopic (exact) mass is 320 g/mol. The molecule has 0 saturated heterocycles. The van der Waals surface area contributed by atoms with Crippen LogP contribution in [0.15, 0.2) is 23.1 Å². The Bertz CT molecular complexity index is 608. The highest BCUT2D eigenvalue weighted by Gasteiger charge is 2.15. The number of sulfonamides is 1. The van der Waals surface area contributed by atoms with E-state index in [4.69, 9.17) is 21.5 Å². The minimum absolute atomic E-state index is 0.0695. The number of carbonyl (C=O) groups excluding carboxylic acids is 1. The van der Waals surface area contributed by atoms with Gasteiger partial charge in [0.2, 0.25) is 10.0 Å². The number of ether oxygens (including phenoxy) is 1. The van der Waals surface area contributed by atoms with Crippen molar-refractivity contribution in [1.29, 1.82) is 0 Å². The van der Waals surface area contributed by atoms with Gasteiger partial charge in [0.05, 0.1) is 9.92 Å². The minimum Gasteiger partial charge on any atom is -0.482 e. The van der Waals surface area contributed by atoms with Gasteiger partial charge in [-0.1, -0.05) is 11.6 Å². The van der Waals surface area contributed by atoms with E-state index in [0.29, 0.717) is 0 Å². The standard InChI is InChI=1S/C12H17ClN2O4S/c1-12(2,3)15-11(16)7-19-10-5-4-8(6-9(10)13)20(14,17)18/h4-6H,7H2,1-3H3,(H,15,16)(H2,14,17,18). The van der Waals surface area contributed by atoms with E-state index < -0.39 is 10.0 Å². The van der Waals surface area contributed by atoms with E-state index in [1.807, 2.05) is 20.8 Å². The number of nitrogens with one attached hydrogen (secondary N) is 1. The Morgan fingerprint density at radius 3 is 2.45 bits per heavy atom. The van der Waals surface area contributed by atoms with E-state index in [0.717, 1.165) is 0 Å². The number of amides is 1. The van der Waals surface area contributed by atoms with Gasteiger partial charge in [-0.2, -0.15) is 0 Å². The van der Waals surface area contributed by atoms with Gasteiger partial charge in [0, 0.05) is 5.54 Å². The van der Waals surface area contributed by atoms with Crippen molar-refractivity contribution in [3.8, 4) is 5.75 Å². The third-order valence-corrected chi connectivity index (χ3v) is 3.31. The number of rotatable bonds is 4. The van der Waals surface area contributed by atoms with Gasteiger partial charge in [0.25, 0.3) is 5.91 Å². The van der Waals surface area contributed by atoms with Crippen molar-refractivity contribution in [2.75, 3.05) is 6.61 Å². The average Bonchev–Trinajstić information content (AvgIpc) is 2.23. The molecule has 6 nitrogen and oxygen atoms in total. The van der Waals surface area contributed by atoms with Crippen molar-refractivity contribution < 1.29 is 17.9 Å². The zero-order chi connectivity index (χ0) is 15.6. The molecule has 1 amide bonds. The molecule has 0 saturated carbocycles. The number of primary sulfonamides is 1. The maximum atomic E-state index is 11.6. The summed E-state index contributed by atoms with van der Waals surface area (Å²) < 4.78 is 27.5. The SMILES string of the molecule is CC(C)(C)NC(=O)COc1ccc(S(N)(=O)=O)cc1Cl. The maximum Gasteiger partial charge on any atom is 0.258 e. The van der Waals surface area contributed by atoms with Crippen LogP contribution >= 0.6 is 11.6 Å². The summed E-state index contributed by atoms with van der Waals surface area (Å²) in [4.78, 5) is 11.5. The first-order valence-corrected chi connectivity index (χ1v) is 7.67. The van der Waals surface area contributed by atoms with Crippen molar-refractivity contribution in [2.24, 2.45) is 5.14 Å². The van der Waals surface area contributed by atoms with Gasteiger partial charge in [-0.15, -0.1) is 0 Å². The zero-order valence-corrected chi connectivity index (χ0v) is 13.0. The van der Waals surface area contributed by atoms with Crippen molar-refractivity contribution >= 4 is 27.5 Å². The van der Waals surface area contributed by atoms with Crippen LogP contribution in [0.5, 0.6) is 5.75 Å². The van der Waals surface area contributed by atoms with Gasteiger partial charge < -0.3 is 10.1 Å². The van der Waals surface area contributed by atoms with Gasteiger partial charge in [-0.3, -0.25) is 4.79 Å². The molecular formula is C12H17ClN2O4S. The summed E-state index contributed by atoms with van der Waals surface area (Å²) in [5.74, 6) is -0.0905. The third kappa shape index (κ3) is 5.36. The molecule has 8 heteroatoms. The molecule has 0 spiro atoms. The van der Waals surface area contributed by atoms with Crippen LogP contribution in [0.2, 0.25) is 5.02 Å². The number of hydrogen-bond acceptors (Lipinski definition) is 4. The highest BCUT2D eigenvalue weighted by molar-refractivity contribution is 7.89. The molecule has 0 atom stereocenters. The predicted molar refractivity (Wildman–Crippen MR) is 76.2 cm³/mol. The molecule has 20 heavy (non-hydrogen) atoms. The highest BCUT2D eigenvalue weighted by atomic mass is 35.5. The lowest BCUT2D eigenvalue weighted by molar-refractivity contribution is -0.124. The van der Waals surface area contributed by atoms with Gasteiger partial charge in [0.15, 0.2) is 6.61 Å². The van der Waals surface area contributed by atoms with E-state index in [1.165, 1.54) is 18.2 Å². The summed E-state index contributed by atoms with van der Waals surface area (Å²) in [5.41, 5.74) is -0.359. The molecular weight excluding hydrogens is 304 g/mol. The Morgan fingerprint density at radius 1 is 1.40 bits per heavy atom. The zero-order valence-electron chi connectivity index (χ0n) is 11.4. The average molecular weight is 321 g/mol. The van der Waals surface area contributed by atoms with Crippen LogP contribution in [-0.4, -0.2) is 26.5 Å². The highest BCUT2D eigenvalue weighted by Crippen LogP contribution is 2.26. The summed E-state index contributed by atoms with van der Waals surface area (Å²) in [7, 11) is -3.82. The molecule has 0 aliphatic rings. The predicted octanol–water partition coefficient (Wildman–Crippen LogP) is 1.28. The van der Waals surface area contributed by atoms with Crippen molar-refractivity contribution in [3.05, 3.63) is 23.2 Å². The first-order valence-electron chi connectivity index (χ1n) is 5.75. The molecule has 0 bridgehead atoms. The van der Waals surface area contributed by atoms with Gasteiger partial charge in [-0.25, -0.2) is 13.6 Å². The number of halogens is 1. The van der Waals surface area contributed by atoms with Crippen LogP contribution in [0.4, 0.5) is 0 Å². The molecule has 0 unspecified atom stereocenters. The Labute approximate surface area is 123 Å². The van der Waals surface area contributed by atoms with E-state index >= 15 is 0 Å². The Balaban J connectivity index is 2.73. The molecule has 0 heterocycles. The van der Waals surface area contributed by atoms with Crippen LogP contribution in [0, 0.1) is 0 Å². The summed E-state index contributed by atoms with van der Waals surface area (Å²) in [6.07, 6.45) is 0. The summed E-state index contributed by atoms with van der Waals surface area (Å²) >= 11 is 5.88. The van der Waals surface area contributed by atoms with Crippen molar-refractivity contribution in [3.63, 3.8) is 0 Å². The first kappa shape index (κ1) is 16.7. The van der Waals surface area contributed by atoms with Gasteiger partial charge in [-0.05, 0) is 39.0 Å². The van der Waals surface area contributed by atoms with Crippen LogP contribution in [0.3, 0.4) is 0 Å². The first-order chi connectivity index (χ1) is 8.99. The normalized spacial score (nSPS) is 12.1. The largest absolute Gasteiger partial charge is 0.482 e. The molecule has 112 valence electrons. The van der Waals surface area contributed by atoms with Gasteiger partial charge >= 0.3 is 0 Å². The quantitative estimate of drug-likeness (QED) is 0.873. The molecule has 1 aromatic rings. The maximum absolute atomic E-state index is 11.6. The van der Waals surface area contributed by atoms with Crippen LogP contribution in [0.25, 0.3) is 0 Å². The lowest BCUT2D eigenvalue weighted by Crippen LogP contribution is -2.43. The van der Waals surface area contributed by atoms with E-state index in [-0.39, 0.29) is 33.7 Å². The molecule has 3 N–H and O–H groups in total. The number of carbonyl (C=O) groups is 1. The molecule has 1 rings (SSSR count). The second-order valence-corrected chi connectivity index (χ2v) is 7.19. The van der Waals surface area contributed by atoms with Crippen LogP contribution in [0.1, 0.15) is 20.8 Å². The third-order valence-electron chi connectivity index (χ3n) is 2.11. The Morgan fingerprint density at radius 2 is 2.00 bits per heavy atom. The summed E-state index contributed by atoms with van der Waals surface area (Å²) in [5, 5.41) is 7.77. The van der Waals surface area contributed by atoms with Gasteiger partial charge in [0.1, 0.15) is 5.75 Å². The topological polar surface area (TPSA) is 98.5 Å². The lowest BCUT2D eigenvalue weighted by Gasteiger charge is -2.20. The Kier molecular flexibility index (Phi) is 5.01. The second kappa shape index (κ2) is 5.99. The number of hydrogen-bond donors (Lipinski definition) is 2. The molecule has 1 aromatic carbocycles. The molecule has 0 fully saturated rings. The molecule has 0 aromatic heterocycles. The van der Waals surface area contributed by atoms with Crippen LogP contribution in [-0.2, 0) is 14.8 Å². The van der Waals surface area contributed by atoms with E-state index in [1.54, 1.807) is 0 Å². The fraction of sp³-hybridized carbons (Fsp3) is 0.417. The second-order valence-electron chi connectivity index (χ2n) is 5.22.